The molecule has 0 amide bonds. The van der Waals surface area contributed by atoms with Gasteiger partial charge in [-0.3, -0.25) is 4.90 Å². The largest absolute Gasteiger partial charge is 0.316 e. The summed E-state index contributed by atoms with van der Waals surface area (Å²) in [5.41, 5.74) is 0.202. The Balaban J connectivity index is 1.86. The van der Waals surface area contributed by atoms with Gasteiger partial charge < -0.3 is 5.32 Å². The summed E-state index contributed by atoms with van der Waals surface area (Å²) in [6.45, 7) is 8.63. The lowest BCUT2D eigenvalue weighted by molar-refractivity contribution is 0.161. The van der Waals surface area contributed by atoms with Gasteiger partial charge in [0.25, 0.3) is 0 Å². The van der Waals surface area contributed by atoms with Gasteiger partial charge >= 0.3 is 0 Å². The quantitative estimate of drug-likeness (QED) is 0.865. The zero-order valence-corrected chi connectivity index (χ0v) is 13.0. The first-order valence-corrected chi connectivity index (χ1v) is 7.92. The van der Waals surface area contributed by atoms with Crippen LogP contribution in [0.15, 0.2) is 18.2 Å². The molecule has 1 unspecified atom stereocenters. The third-order valence-electron chi connectivity index (χ3n) is 4.03. The second kappa shape index (κ2) is 7.85. The normalized spacial score (nSPS) is 20.1. The van der Waals surface area contributed by atoms with Crippen molar-refractivity contribution in [3.8, 4) is 0 Å². The number of likely N-dealkylation sites (tertiary alicyclic amines) is 1. The Morgan fingerprint density at radius 1 is 1.29 bits per heavy atom. The molecule has 2 nitrogen and oxygen atoms in total. The van der Waals surface area contributed by atoms with Crippen molar-refractivity contribution < 1.29 is 8.78 Å². The summed E-state index contributed by atoms with van der Waals surface area (Å²) in [5, 5.41) is 3.49. The Bertz CT molecular complexity index is 428. The van der Waals surface area contributed by atoms with Crippen LogP contribution in [0.4, 0.5) is 8.78 Å². The molecule has 2 rings (SSSR count). The second-order valence-corrected chi connectivity index (χ2v) is 6.50. The molecule has 4 heteroatoms. The van der Waals surface area contributed by atoms with E-state index in [-0.39, 0.29) is 5.56 Å². The predicted molar refractivity (Wildman–Crippen MR) is 82.1 cm³/mol. The highest BCUT2D eigenvalue weighted by atomic mass is 19.1. The number of rotatable bonds is 6. The second-order valence-electron chi connectivity index (χ2n) is 6.50. The summed E-state index contributed by atoms with van der Waals surface area (Å²) in [5.74, 6) is 0.356. The summed E-state index contributed by atoms with van der Waals surface area (Å²) in [6.07, 6.45) is 2.30. The Morgan fingerprint density at radius 3 is 2.67 bits per heavy atom. The molecule has 1 N–H and O–H groups in total. The van der Waals surface area contributed by atoms with Crippen LogP contribution in [0.3, 0.4) is 0 Å². The van der Waals surface area contributed by atoms with Crippen molar-refractivity contribution in [3.63, 3.8) is 0 Å². The monoisotopic (exact) mass is 296 g/mol. The van der Waals surface area contributed by atoms with Crippen LogP contribution in [0.1, 0.15) is 32.3 Å². The highest BCUT2D eigenvalue weighted by Gasteiger charge is 2.21. The van der Waals surface area contributed by atoms with Gasteiger partial charge in [0.15, 0.2) is 0 Å². The molecule has 1 heterocycles. The van der Waals surface area contributed by atoms with E-state index < -0.39 is 11.6 Å². The maximum absolute atomic E-state index is 13.7. The molecule has 1 aromatic rings. The molecule has 0 bridgehead atoms. The number of nitrogens with one attached hydrogen (secondary N) is 1. The molecule has 118 valence electrons. The Labute approximate surface area is 126 Å². The molecule has 1 aliphatic rings. The van der Waals surface area contributed by atoms with Crippen molar-refractivity contribution in [2.45, 2.75) is 33.2 Å². The maximum Gasteiger partial charge on any atom is 0.130 e. The number of nitrogens with zero attached hydrogens (tertiary/aromatic N) is 1. The fourth-order valence-electron chi connectivity index (χ4n) is 2.94. The summed E-state index contributed by atoms with van der Waals surface area (Å²) in [4.78, 5) is 2.17. The lowest BCUT2D eigenvalue weighted by Crippen LogP contribution is -2.40. The van der Waals surface area contributed by atoms with Gasteiger partial charge in [0.2, 0.25) is 0 Å². The van der Waals surface area contributed by atoms with Gasteiger partial charge in [-0.1, -0.05) is 19.9 Å². The lowest BCUT2D eigenvalue weighted by Gasteiger charge is -2.33. The van der Waals surface area contributed by atoms with Gasteiger partial charge in [-0.25, -0.2) is 8.78 Å². The Hall–Kier alpha value is -1.00. The molecule has 1 atom stereocenters. The minimum Gasteiger partial charge on any atom is -0.316 e. The van der Waals surface area contributed by atoms with Crippen molar-refractivity contribution in [2.24, 2.45) is 11.8 Å². The fraction of sp³-hybridized carbons (Fsp3) is 0.647. The minimum atomic E-state index is -0.435. The van der Waals surface area contributed by atoms with E-state index in [9.17, 15) is 8.78 Å². The number of benzene rings is 1. The molecule has 0 aliphatic carbocycles. The average Bonchev–Trinajstić information content (AvgIpc) is 2.43. The molecule has 1 saturated heterocycles. The van der Waals surface area contributed by atoms with E-state index in [4.69, 9.17) is 0 Å². The van der Waals surface area contributed by atoms with Crippen molar-refractivity contribution >= 4 is 0 Å². The molecule has 0 saturated carbocycles. The predicted octanol–water partition coefficient (Wildman–Crippen LogP) is 3.42. The first-order chi connectivity index (χ1) is 10.1. The molecule has 1 aromatic carbocycles. The smallest absolute Gasteiger partial charge is 0.130 e. The maximum atomic E-state index is 13.7. The molecule has 21 heavy (non-hydrogen) atoms. The van der Waals surface area contributed by atoms with Gasteiger partial charge in [-0.15, -0.1) is 0 Å². The van der Waals surface area contributed by atoms with Crippen LogP contribution in [0.5, 0.6) is 0 Å². The molecule has 0 spiro atoms. The first kappa shape index (κ1) is 16.4. The minimum absolute atomic E-state index is 0.202. The summed E-state index contributed by atoms with van der Waals surface area (Å²) in [6, 6.07) is 4.09. The van der Waals surface area contributed by atoms with Gasteiger partial charge in [-0.2, -0.15) is 0 Å². The first-order valence-electron chi connectivity index (χ1n) is 7.92. The van der Waals surface area contributed by atoms with Crippen LogP contribution in [-0.4, -0.2) is 31.1 Å². The van der Waals surface area contributed by atoms with E-state index in [0.717, 1.165) is 32.6 Å². The highest BCUT2D eigenvalue weighted by molar-refractivity contribution is 5.19. The molecule has 1 fully saturated rings. The van der Waals surface area contributed by atoms with Crippen molar-refractivity contribution in [3.05, 3.63) is 35.4 Å². The van der Waals surface area contributed by atoms with Crippen molar-refractivity contribution in [1.29, 1.82) is 0 Å². The summed E-state index contributed by atoms with van der Waals surface area (Å²) in [7, 11) is 0. The van der Waals surface area contributed by atoms with E-state index in [1.165, 1.54) is 24.6 Å². The lowest BCUT2D eigenvalue weighted by atomic mass is 9.97. The van der Waals surface area contributed by atoms with Crippen LogP contribution >= 0.6 is 0 Å². The zero-order chi connectivity index (χ0) is 15.2. The van der Waals surface area contributed by atoms with E-state index in [1.54, 1.807) is 0 Å². The number of hydrogen-bond donors (Lipinski definition) is 1. The Morgan fingerprint density at radius 2 is 2.00 bits per heavy atom. The summed E-state index contributed by atoms with van der Waals surface area (Å²) < 4.78 is 27.4. The third kappa shape index (κ3) is 5.04. The summed E-state index contributed by atoms with van der Waals surface area (Å²) >= 11 is 0. The number of hydrogen-bond acceptors (Lipinski definition) is 2. The van der Waals surface area contributed by atoms with Crippen molar-refractivity contribution in [2.75, 3.05) is 26.2 Å². The van der Waals surface area contributed by atoms with Gasteiger partial charge in [0.05, 0.1) is 0 Å². The number of piperidine rings is 1. The van der Waals surface area contributed by atoms with Gasteiger partial charge in [0, 0.05) is 18.7 Å². The Kier molecular flexibility index (Phi) is 6.12. The van der Waals surface area contributed by atoms with Crippen LogP contribution in [-0.2, 0) is 6.54 Å². The van der Waals surface area contributed by atoms with E-state index in [2.05, 4.69) is 24.1 Å². The van der Waals surface area contributed by atoms with E-state index in [0.29, 0.717) is 18.4 Å². The fourth-order valence-corrected chi connectivity index (χ4v) is 2.94. The molecule has 0 radical (unpaired) electrons. The zero-order valence-electron chi connectivity index (χ0n) is 13.0. The third-order valence-corrected chi connectivity index (χ3v) is 4.03. The molecule has 1 aliphatic heterocycles. The van der Waals surface area contributed by atoms with Gasteiger partial charge in [-0.05, 0) is 56.4 Å². The average molecular weight is 296 g/mol. The van der Waals surface area contributed by atoms with Crippen LogP contribution in [0, 0.1) is 23.5 Å². The topological polar surface area (TPSA) is 15.3 Å². The van der Waals surface area contributed by atoms with Gasteiger partial charge in [0.1, 0.15) is 11.6 Å². The number of halogens is 2. The van der Waals surface area contributed by atoms with Crippen molar-refractivity contribution in [1.82, 2.24) is 10.2 Å². The molecular formula is C17H26F2N2. The SMILES string of the molecule is CC(C)CNCC1CCCN(Cc2c(F)cccc2F)C1. The van der Waals surface area contributed by atoms with Crippen LogP contribution in [0.2, 0.25) is 0 Å². The van der Waals surface area contributed by atoms with Crippen LogP contribution in [0.25, 0.3) is 0 Å². The van der Waals surface area contributed by atoms with Crippen LogP contribution < -0.4 is 5.32 Å². The van der Waals surface area contributed by atoms with E-state index >= 15 is 0 Å². The standard InChI is InChI=1S/C17H26F2N2/c1-13(2)9-20-10-14-5-4-8-21(11-14)12-15-16(18)6-3-7-17(15)19/h3,6-7,13-14,20H,4-5,8-12H2,1-2H3. The highest BCUT2D eigenvalue weighted by Crippen LogP contribution is 2.20. The molecule has 0 aromatic heterocycles. The molecular weight excluding hydrogens is 270 g/mol. The van der Waals surface area contributed by atoms with E-state index in [1.807, 2.05) is 0 Å².